The van der Waals surface area contributed by atoms with E-state index in [-0.39, 0.29) is 11.5 Å². The molecular weight excluding hydrogens is 374 g/mol. The van der Waals surface area contributed by atoms with Gasteiger partial charge in [0, 0.05) is 31.5 Å². The summed E-state index contributed by atoms with van der Waals surface area (Å²) in [5.74, 6) is -1.11. The Balaban J connectivity index is 2.01. The molecule has 0 saturated carbocycles. The highest BCUT2D eigenvalue weighted by Crippen LogP contribution is 2.19. The van der Waals surface area contributed by atoms with Gasteiger partial charge in [-0.25, -0.2) is 4.79 Å². The Bertz CT molecular complexity index is 904. The number of esters is 1. The zero-order valence-electron chi connectivity index (χ0n) is 16.7. The number of nitriles is 1. The third kappa shape index (κ3) is 5.33. The van der Waals surface area contributed by atoms with Crippen LogP contribution in [-0.4, -0.2) is 35.0 Å². The van der Waals surface area contributed by atoms with Gasteiger partial charge in [0.2, 0.25) is 0 Å². The summed E-state index contributed by atoms with van der Waals surface area (Å²) >= 11 is 1.56. The fourth-order valence-corrected chi connectivity index (χ4v) is 3.55. The van der Waals surface area contributed by atoms with Gasteiger partial charge < -0.3 is 14.2 Å². The van der Waals surface area contributed by atoms with Crippen LogP contribution in [-0.2, 0) is 27.4 Å². The molecule has 1 amide bonds. The van der Waals surface area contributed by atoms with Crippen molar-refractivity contribution in [3.8, 4) is 6.07 Å². The molecule has 0 aliphatic carbocycles. The first-order valence-corrected chi connectivity index (χ1v) is 10.0. The van der Waals surface area contributed by atoms with Crippen molar-refractivity contribution in [3.63, 3.8) is 0 Å². The fourth-order valence-electron chi connectivity index (χ4n) is 2.89. The van der Waals surface area contributed by atoms with Crippen LogP contribution in [0.15, 0.2) is 28.5 Å². The maximum absolute atomic E-state index is 12.3. The van der Waals surface area contributed by atoms with Crippen LogP contribution in [0.4, 0.5) is 0 Å². The Hall–Kier alpha value is -2.85. The Morgan fingerprint density at radius 3 is 2.75 bits per heavy atom. The summed E-state index contributed by atoms with van der Waals surface area (Å²) in [5.41, 5.74) is 3.77. The second-order valence-corrected chi connectivity index (χ2v) is 7.39. The molecule has 28 heavy (non-hydrogen) atoms. The van der Waals surface area contributed by atoms with E-state index < -0.39 is 12.6 Å². The number of carbonyl (C=O) groups is 2. The normalized spacial score (nSPS) is 11.2. The predicted octanol–water partition coefficient (Wildman–Crippen LogP) is 3.69. The first kappa shape index (κ1) is 21.5. The number of rotatable bonds is 8. The van der Waals surface area contributed by atoms with E-state index in [2.05, 4.69) is 11.5 Å². The first-order valence-electron chi connectivity index (χ1n) is 9.08. The lowest BCUT2D eigenvalue weighted by Crippen LogP contribution is -2.30. The lowest BCUT2D eigenvalue weighted by atomic mass is 10.1. The first-order chi connectivity index (χ1) is 13.4. The molecule has 0 fully saturated rings. The van der Waals surface area contributed by atoms with Crippen molar-refractivity contribution in [2.45, 2.75) is 40.3 Å². The van der Waals surface area contributed by atoms with Gasteiger partial charge in [-0.1, -0.05) is 6.92 Å². The molecule has 0 bridgehead atoms. The van der Waals surface area contributed by atoms with Crippen LogP contribution < -0.4 is 0 Å². The Kier molecular flexibility index (Phi) is 7.59. The second-order valence-electron chi connectivity index (χ2n) is 6.61. The monoisotopic (exact) mass is 399 g/mol. The summed E-state index contributed by atoms with van der Waals surface area (Å²) in [6.07, 6.45) is 2.52. The standard InChI is InChI=1S/C21H25N3O3S/c1-5-7-24-15(2)9-18(16(24)3)10-19(11-22)21(26)27-13-20(25)23(4)12-17-6-8-28-14-17/h6,8-10,14H,5,7,12-13H2,1-4H3/b19-10+. The fraction of sp³-hybridized carbons (Fsp3) is 0.381. The van der Waals surface area contributed by atoms with Gasteiger partial charge in [-0.05, 0) is 60.4 Å². The van der Waals surface area contributed by atoms with Crippen LogP contribution in [0.3, 0.4) is 0 Å². The minimum atomic E-state index is -0.792. The molecule has 6 nitrogen and oxygen atoms in total. The zero-order chi connectivity index (χ0) is 20.7. The Morgan fingerprint density at radius 1 is 1.39 bits per heavy atom. The number of nitrogens with zero attached hydrogens (tertiary/aromatic N) is 3. The van der Waals surface area contributed by atoms with Gasteiger partial charge in [0.05, 0.1) is 0 Å². The molecule has 0 N–H and O–H groups in total. The highest BCUT2D eigenvalue weighted by atomic mass is 32.1. The number of thiophene rings is 1. The summed E-state index contributed by atoms with van der Waals surface area (Å²) in [4.78, 5) is 25.9. The maximum Gasteiger partial charge on any atom is 0.349 e. The number of aromatic nitrogens is 1. The highest BCUT2D eigenvalue weighted by Gasteiger charge is 2.17. The molecule has 0 aliphatic heterocycles. The smallest absolute Gasteiger partial charge is 0.349 e. The van der Waals surface area contributed by atoms with Crippen LogP contribution >= 0.6 is 11.3 Å². The number of ether oxygens (including phenoxy) is 1. The summed E-state index contributed by atoms with van der Waals surface area (Å²) in [6, 6.07) is 5.76. The number of amides is 1. The number of aryl methyl sites for hydroxylation is 1. The molecule has 0 aliphatic rings. The zero-order valence-corrected chi connectivity index (χ0v) is 17.5. The van der Waals surface area contributed by atoms with Gasteiger partial charge in [-0.15, -0.1) is 0 Å². The van der Waals surface area contributed by atoms with Crippen LogP contribution in [0.25, 0.3) is 6.08 Å². The molecule has 0 unspecified atom stereocenters. The molecule has 0 atom stereocenters. The molecule has 0 spiro atoms. The van der Waals surface area contributed by atoms with Gasteiger partial charge in [0.15, 0.2) is 6.61 Å². The van der Waals surface area contributed by atoms with Gasteiger partial charge >= 0.3 is 5.97 Å². The van der Waals surface area contributed by atoms with Crippen molar-refractivity contribution < 1.29 is 14.3 Å². The third-order valence-corrected chi connectivity index (χ3v) is 5.18. The van der Waals surface area contributed by atoms with Crippen molar-refractivity contribution in [1.82, 2.24) is 9.47 Å². The van der Waals surface area contributed by atoms with E-state index in [9.17, 15) is 14.9 Å². The summed E-state index contributed by atoms with van der Waals surface area (Å²) in [5, 5.41) is 13.3. The molecule has 148 valence electrons. The van der Waals surface area contributed by atoms with Crippen molar-refractivity contribution in [2.24, 2.45) is 0 Å². The van der Waals surface area contributed by atoms with E-state index in [4.69, 9.17) is 4.74 Å². The minimum Gasteiger partial charge on any atom is -0.451 e. The largest absolute Gasteiger partial charge is 0.451 e. The molecular formula is C21H25N3O3S. The number of hydrogen-bond acceptors (Lipinski definition) is 5. The van der Waals surface area contributed by atoms with Crippen LogP contribution in [0, 0.1) is 25.2 Å². The van der Waals surface area contributed by atoms with Gasteiger partial charge in [-0.3, -0.25) is 4.79 Å². The third-order valence-electron chi connectivity index (χ3n) is 4.45. The Labute approximate surface area is 169 Å². The molecule has 7 heteroatoms. The lowest BCUT2D eigenvalue weighted by Gasteiger charge is -2.16. The molecule has 2 rings (SSSR count). The topological polar surface area (TPSA) is 75.3 Å². The highest BCUT2D eigenvalue weighted by molar-refractivity contribution is 7.07. The Morgan fingerprint density at radius 2 is 2.14 bits per heavy atom. The van der Waals surface area contributed by atoms with E-state index in [1.54, 1.807) is 18.4 Å². The maximum atomic E-state index is 12.3. The van der Waals surface area contributed by atoms with Gasteiger partial charge in [-0.2, -0.15) is 16.6 Å². The molecule has 0 saturated heterocycles. The predicted molar refractivity (Wildman–Crippen MR) is 110 cm³/mol. The van der Waals surface area contributed by atoms with Gasteiger partial charge in [0.1, 0.15) is 11.6 Å². The molecule has 0 radical (unpaired) electrons. The summed E-state index contributed by atoms with van der Waals surface area (Å²) < 4.78 is 7.22. The van der Waals surface area contributed by atoms with Crippen molar-refractivity contribution >= 4 is 29.3 Å². The van der Waals surface area contributed by atoms with E-state index in [1.807, 2.05) is 42.8 Å². The van der Waals surface area contributed by atoms with Gasteiger partial charge in [0.25, 0.3) is 5.91 Å². The number of likely N-dealkylation sites (N-methyl/N-ethyl adjacent to an activating group) is 1. The minimum absolute atomic E-state index is 0.120. The number of carbonyl (C=O) groups excluding carboxylic acids is 2. The van der Waals surface area contributed by atoms with E-state index in [0.29, 0.717) is 6.54 Å². The summed E-state index contributed by atoms with van der Waals surface area (Å²) in [7, 11) is 1.65. The van der Waals surface area contributed by atoms with E-state index in [1.165, 1.54) is 11.0 Å². The molecule has 2 aromatic heterocycles. The second kappa shape index (κ2) is 9.90. The number of hydrogen-bond donors (Lipinski definition) is 0. The summed E-state index contributed by atoms with van der Waals surface area (Å²) in [6.45, 7) is 6.98. The van der Waals surface area contributed by atoms with Crippen molar-refractivity contribution in [3.05, 3.63) is 51.0 Å². The van der Waals surface area contributed by atoms with Crippen LogP contribution in [0.5, 0.6) is 0 Å². The van der Waals surface area contributed by atoms with Crippen LogP contribution in [0.1, 0.15) is 35.9 Å². The lowest BCUT2D eigenvalue weighted by molar-refractivity contribution is -0.148. The van der Waals surface area contributed by atoms with E-state index >= 15 is 0 Å². The molecule has 2 heterocycles. The SMILES string of the molecule is CCCn1c(C)cc(/C=C(\C#N)C(=O)OCC(=O)N(C)Cc2ccsc2)c1C. The quantitative estimate of drug-likeness (QED) is 0.385. The molecule has 2 aromatic rings. The van der Waals surface area contributed by atoms with Crippen LogP contribution in [0.2, 0.25) is 0 Å². The van der Waals surface area contributed by atoms with Crippen molar-refractivity contribution in [2.75, 3.05) is 13.7 Å². The van der Waals surface area contributed by atoms with Crippen molar-refractivity contribution in [1.29, 1.82) is 5.26 Å². The average Bonchev–Trinajstić information content (AvgIpc) is 3.27. The average molecular weight is 400 g/mol. The molecule has 0 aromatic carbocycles. The van der Waals surface area contributed by atoms with E-state index in [0.717, 1.165) is 35.5 Å².